The zero-order chi connectivity index (χ0) is 15.2. The summed E-state index contributed by atoms with van der Waals surface area (Å²) in [6.45, 7) is 0.902. The van der Waals surface area contributed by atoms with Gasteiger partial charge in [0.2, 0.25) is 0 Å². The van der Waals surface area contributed by atoms with E-state index in [0.29, 0.717) is 0 Å². The van der Waals surface area contributed by atoms with Crippen molar-refractivity contribution in [2.24, 2.45) is 0 Å². The maximum absolute atomic E-state index is 4.70. The molecule has 0 atom stereocenters. The van der Waals surface area contributed by atoms with Gasteiger partial charge in [0.15, 0.2) is 5.65 Å². The molecule has 5 rings (SSSR count). The largest absolute Gasteiger partial charge is 0.282 e. The molecule has 1 aliphatic heterocycles. The third-order valence-electron chi connectivity index (χ3n) is 5.08. The molecule has 23 heavy (non-hydrogen) atoms. The summed E-state index contributed by atoms with van der Waals surface area (Å²) in [5, 5.41) is 3.65. The molecule has 3 nitrogen and oxygen atoms in total. The third-order valence-corrected chi connectivity index (χ3v) is 5.08. The standard InChI is InChI=1S/C20H19N3/c1-2-7-16-14-22(13-11-15(16)6-1)23-19-10-4-3-8-17(19)18-9-5-12-21-20(18)23/h1-2,5-7,9,11-13H,3-4,8,10,14H2. The van der Waals surface area contributed by atoms with Crippen LogP contribution in [0.1, 0.15) is 35.2 Å². The van der Waals surface area contributed by atoms with Crippen LogP contribution < -0.4 is 5.01 Å². The molecule has 3 heteroatoms. The van der Waals surface area contributed by atoms with Gasteiger partial charge in [0.25, 0.3) is 0 Å². The van der Waals surface area contributed by atoms with E-state index < -0.39 is 0 Å². The molecule has 1 aliphatic carbocycles. The van der Waals surface area contributed by atoms with Gasteiger partial charge in [0.05, 0.1) is 6.54 Å². The number of benzene rings is 1. The molecule has 0 amide bonds. The van der Waals surface area contributed by atoms with Crippen molar-refractivity contribution in [2.45, 2.75) is 32.2 Å². The Labute approximate surface area is 135 Å². The summed E-state index contributed by atoms with van der Waals surface area (Å²) in [5.74, 6) is 0. The van der Waals surface area contributed by atoms with Crippen molar-refractivity contribution in [1.82, 2.24) is 9.66 Å². The molecule has 0 saturated carbocycles. The Balaban J connectivity index is 1.70. The molecule has 2 aromatic heterocycles. The van der Waals surface area contributed by atoms with Gasteiger partial charge in [0.1, 0.15) is 0 Å². The molecule has 0 fully saturated rings. The maximum atomic E-state index is 4.70. The van der Waals surface area contributed by atoms with Gasteiger partial charge >= 0.3 is 0 Å². The van der Waals surface area contributed by atoms with E-state index in [9.17, 15) is 0 Å². The number of aryl methyl sites for hydroxylation is 1. The highest BCUT2D eigenvalue weighted by Crippen LogP contribution is 2.32. The van der Waals surface area contributed by atoms with E-state index in [2.05, 4.69) is 58.4 Å². The zero-order valence-electron chi connectivity index (χ0n) is 13.1. The molecule has 0 spiro atoms. The summed E-state index contributed by atoms with van der Waals surface area (Å²) in [6.07, 6.45) is 11.2. The molecule has 0 bridgehead atoms. The van der Waals surface area contributed by atoms with Crippen LogP contribution in [0.5, 0.6) is 0 Å². The summed E-state index contributed by atoms with van der Waals surface area (Å²) in [5.41, 5.74) is 6.75. The van der Waals surface area contributed by atoms with Crippen molar-refractivity contribution in [3.63, 3.8) is 0 Å². The van der Waals surface area contributed by atoms with Gasteiger partial charge in [-0.25, -0.2) is 9.66 Å². The van der Waals surface area contributed by atoms with E-state index in [-0.39, 0.29) is 0 Å². The van der Waals surface area contributed by atoms with Crippen molar-refractivity contribution in [2.75, 3.05) is 5.01 Å². The van der Waals surface area contributed by atoms with Crippen molar-refractivity contribution in [3.05, 3.63) is 71.2 Å². The predicted octanol–water partition coefficient (Wildman–Crippen LogP) is 4.04. The van der Waals surface area contributed by atoms with Gasteiger partial charge < -0.3 is 0 Å². The number of hydrogen-bond donors (Lipinski definition) is 0. The van der Waals surface area contributed by atoms with Gasteiger partial charge in [-0.15, -0.1) is 0 Å². The summed E-state index contributed by atoms with van der Waals surface area (Å²) in [7, 11) is 0. The molecule has 0 N–H and O–H groups in total. The van der Waals surface area contributed by atoms with Gasteiger partial charge in [-0.1, -0.05) is 24.3 Å². The van der Waals surface area contributed by atoms with Crippen LogP contribution in [0.25, 0.3) is 17.1 Å². The number of aromatic nitrogens is 2. The van der Waals surface area contributed by atoms with E-state index >= 15 is 0 Å². The Morgan fingerprint density at radius 2 is 1.87 bits per heavy atom. The maximum Gasteiger partial charge on any atom is 0.159 e. The van der Waals surface area contributed by atoms with Gasteiger partial charge in [-0.3, -0.25) is 5.01 Å². The van der Waals surface area contributed by atoms with E-state index in [0.717, 1.165) is 18.6 Å². The summed E-state index contributed by atoms with van der Waals surface area (Å²) in [4.78, 5) is 4.70. The van der Waals surface area contributed by atoms with Crippen molar-refractivity contribution in [3.8, 4) is 0 Å². The van der Waals surface area contributed by atoms with Crippen LogP contribution in [0, 0.1) is 0 Å². The second-order valence-electron chi connectivity index (χ2n) is 6.43. The normalized spacial score (nSPS) is 16.4. The fraction of sp³-hybridized carbons (Fsp3) is 0.250. The first kappa shape index (κ1) is 12.9. The number of hydrogen-bond acceptors (Lipinski definition) is 2. The van der Waals surface area contributed by atoms with Crippen LogP contribution in [0.2, 0.25) is 0 Å². The van der Waals surface area contributed by atoms with Crippen LogP contribution in [0.15, 0.2) is 48.8 Å². The first-order chi connectivity index (χ1) is 11.4. The highest BCUT2D eigenvalue weighted by molar-refractivity contribution is 5.83. The van der Waals surface area contributed by atoms with Crippen LogP contribution in [-0.4, -0.2) is 9.66 Å². The molecule has 2 aliphatic rings. The smallest absolute Gasteiger partial charge is 0.159 e. The first-order valence-corrected chi connectivity index (χ1v) is 8.42. The van der Waals surface area contributed by atoms with Crippen LogP contribution in [0.3, 0.4) is 0 Å². The minimum absolute atomic E-state index is 0.902. The highest BCUT2D eigenvalue weighted by Gasteiger charge is 2.24. The molecular weight excluding hydrogens is 282 g/mol. The number of nitrogens with zero attached hydrogens (tertiary/aromatic N) is 3. The summed E-state index contributed by atoms with van der Waals surface area (Å²) in [6, 6.07) is 12.9. The molecule has 0 radical (unpaired) electrons. The predicted molar refractivity (Wildman–Crippen MR) is 93.8 cm³/mol. The van der Waals surface area contributed by atoms with Gasteiger partial charge in [-0.2, -0.15) is 0 Å². The Kier molecular flexibility index (Phi) is 2.80. The van der Waals surface area contributed by atoms with Gasteiger partial charge in [0, 0.05) is 23.5 Å². The molecule has 0 saturated heterocycles. The van der Waals surface area contributed by atoms with Crippen LogP contribution in [-0.2, 0) is 19.4 Å². The Bertz CT molecular complexity index is 920. The first-order valence-electron chi connectivity index (χ1n) is 8.42. The Morgan fingerprint density at radius 3 is 2.87 bits per heavy atom. The second kappa shape index (κ2) is 4.98. The number of rotatable bonds is 1. The topological polar surface area (TPSA) is 21.1 Å². The van der Waals surface area contributed by atoms with Gasteiger partial charge in [-0.05, 0) is 60.6 Å². The Hall–Kier alpha value is -2.55. The molecule has 114 valence electrons. The average Bonchev–Trinajstić information content (AvgIpc) is 2.96. The minimum Gasteiger partial charge on any atom is -0.282 e. The third kappa shape index (κ3) is 1.93. The summed E-state index contributed by atoms with van der Waals surface area (Å²) < 4.78 is 2.36. The lowest BCUT2D eigenvalue weighted by Crippen LogP contribution is -2.32. The average molecular weight is 301 g/mol. The molecular formula is C20H19N3. The van der Waals surface area contributed by atoms with E-state index in [1.54, 1.807) is 0 Å². The monoisotopic (exact) mass is 301 g/mol. The molecule has 1 aromatic carbocycles. The number of fused-ring (bicyclic) bond motifs is 4. The van der Waals surface area contributed by atoms with Crippen LogP contribution >= 0.6 is 0 Å². The quantitative estimate of drug-likeness (QED) is 0.676. The van der Waals surface area contributed by atoms with Crippen LogP contribution in [0.4, 0.5) is 0 Å². The zero-order valence-corrected chi connectivity index (χ0v) is 13.1. The van der Waals surface area contributed by atoms with E-state index in [1.165, 1.54) is 47.0 Å². The number of pyridine rings is 1. The Morgan fingerprint density at radius 1 is 0.957 bits per heavy atom. The molecule has 0 unspecified atom stereocenters. The van der Waals surface area contributed by atoms with Crippen molar-refractivity contribution in [1.29, 1.82) is 0 Å². The van der Waals surface area contributed by atoms with Crippen molar-refractivity contribution >= 4 is 17.1 Å². The highest BCUT2D eigenvalue weighted by atomic mass is 15.6. The molecule has 3 aromatic rings. The SMILES string of the molecule is C1=CN(n2c3c(c4cccnc42)CCCC3)Cc2ccccc21. The lowest BCUT2D eigenvalue weighted by Gasteiger charge is -2.29. The lowest BCUT2D eigenvalue weighted by atomic mass is 9.96. The fourth-order valence-electron chi connectivity index (χ4n) is 3.99. The van der Waals surface area contributed by atoms with Crippen molar-refractivity contribution < 1.29 is 0 Å². The summed E-state index contributed by atoms with van der Waals surface area (Å²) >= 11 is 0. The second-order valence-corrected chi connectivity index (χ2v) is 6.43. The minimum atomic E-state index is 0.902. The molecule has 3 heterocycles. The van der Waals surface area contributed by atoms with E-state index in [1.807, 2.05) is 6.20 Å². The fourth-order valence-corrected chi connectivity index (χ4v) is 3.99. The van der Waals surface area contributed by atoms with E-state index in [4.69, 9.17) is 4.98 Å². The lowest BCUT2D eigenvalue weighted by molar-refractivity contribution is 0.604.